The number of nitrogens with zero attached hydrogens (tertiary/aromatic N) is 3. The molecule has 0 atom stereocenters. The van der Waals surface area contributed by atoms with Crippen molar-refractivity contribution in [2.45, 2.75) is 27.2 Å². The maximum Gasteiger partial charge on any atom is 0.266 e. The van der Waals surface area contributed by atoms with Crippen molar-refractivity contribution in [2.24, 2.45) is 0 Å². The number of carbonyl (C=O) groups is 1. The van der Waals surface area contributed by atoms with Gasteiger partial charge in [-0.15, -0.1) is 0 Å². The van der Waals surface area contributed by atoms with Gasteiger partial charge in [-0.05, 0) is 82.7 Å². The summed E-state index contributed by atoms with van der Waals surface area (Å²) in [6.45, 7) is 7.70. The average Bonchev–Trinajstić information content (AvgIpc) is 3.11. The molecule has 1 amide bonds. The number of ether oxygens (including phenoxy) is 1. The number of rotatable bonds is 8. The summed E-state index contributed by atoms with van der Waals surface area (Å²) in [4.78, 5) is 21.8. The van der Waals surface area contributed by atoms with Gasteiger partial charge in [0.15, 0.2) is 11.7 Å². The number of thiazole rings is 1. The smallest absolute Gasteiger partial charge is 0.266 e. The molecule has 0 unspecified atom stereocenters. The van der Waals surface area contributed by atoms with Crippen LogP contribution in [0.25, 0.3) is 10.2 Å². The van der Waals surface area contributed by atoms with Gasteiger partial charge in [-0.25, -0.2) is 4.98 Å². The Morgan fingerprint density at radius 2 is 1.90 bits per heavy atom. The minimum atomic E-state index is -0.0707. The van der Waals surface area contributed by atoms with Gasteiger partial charge < -0.3 is 9.64 Å². The molecule has 0 radical (unpaired) electrons. The molecule has 3 rings (SSSR count). The fourth-order valence-electron chi connectivity index (χ4n) is 3.13. The van der Waals surface area contributed by atoms with E-state index in [2.05, 4.69) is 30.9 Å². The summed E-state index contributed by atoms with van der Waals surface area (Å²) in [7, 11) is 4.08. The molecule has 6 heteroatoms. The van der Waals surface area contributed by atoms with E-state index in [1.807, 2.05) is 45.3 Å². The Labute approximate surface area is 176 Å². The molecular weight excluding hydrogens is 382 g/mol. The van der Waals surface area contributed by atoms with E-state index in [-0.39, 0.29) is 12.5 Å². The van der Waals surface area contributed by atoms with Gasteiger partial charge in [0.2, 0.25) is 0 Å². The van der Waals surface area contributed by atoms with Gasteiger partial charge >= 0.3 is 0 Å². The lowest BCUT2D eigenvalue weighted by molar-refractivity contribution is -0.120. The molecule has 0 aliphatic heterocycles. The molecule has 0 saturated heterocycles. The summed E-state index contributed by atoms with van der Waals surface area (Å²) in [6.07, 6.45) is 0.872. The van der Waals surface area contributed by atoms with Crippen LogP contribution < -0.4 is 9.64 Å². The number of hydrogen-bond acceptors (Lipinski definition) is 5. The Morgan fingerprint density at radius 1 is 1.10 bits per heavy atom. The van der Waals surface area contributed by atoms with Crippen molar-refractivity contribution >= 4 is 32.6 Å². The molecule has 3 aromatic rings. The van der Waals surface area contributed by atoms with Crippen LogP contribution in [-0.4, -0.2) is 49.6 Å². The van der Waals surface area contributed by atoms with E-state index in [1.54, 1.807) is 16.2 Å². The average molecular weight is 412 g/mol. The molecule has 0 saturated carbocycles. The van der Waals surface area contributed by atoms with Crippen molar-refractivity contribution in [3.63, 3.8) is 0 Å². The van der Waals surface area contributed by atoms with Crippen LogP contribution >= 0.6 is 11.3 Å². The molecular formula is C23H29N3O2S. The van der Waals surface area contributed by atoms with E-state index in [1.165, 1.54) is 11.1 Å². The van der Waals surface area contributed by atoms with Crippen molar-refractivity contribution in [2.75, 3.05) is 38.7 Å². The molecule has 2 aromatic carbocycles. The normalized spacial score (nSPS) is 11.2. The van der Waals surface area contributed by atoms with Gasteiger partial charge in [0.25, 0.3) is 5.91 Å². The van der Waals surface area contributed by atoms with E-state index < -0.39 is 0 Å². The van der Waals surface area contributed by atoms with Crippen LogP contribution in [0.3, 0.4) is 0 Å². The van der Waals surface area contributed by atoms with Gasteiger partial charge in [-0.1, -0.05) is 29.5 Å². The molecule has 0 spiro atoms. The number of aryl methyl sites for hydroxylation is 3. The Morgan fingerprint density at radius 3 is 2.62 bits per heavy atom. The maximum absolute atomic E-state index is 13.1. The van der Waals surface area contributed by atoms with Crippen molar-refractivity contribution < 1.29 is 9.53 Å². The highest BCUT2D eigenvalue weighted by atomic mass is 32.1. The highest BCUT2D eigenvalue weighted by Gasteiger charge is 2.21. The number of carbonyl (C=O) groups excluding carboxylic acids is 1. The van der Waals surface area contributed by atoms with Crippen LogP contribution in [0.5, 0.6) is 5.75 Å². The third kappa shape index (κ3) is 5.34. The fourth-order valence-corrected chi connectivity index (χ4v) is 4.20. The molecule has 5 nitrogen and oxygen atoms in total. The summed E-state index contributed by atoms with van der Waals surface area (Å²) >= 11 is 1.56. The largest absolute Gasteiger partial charge is 0.484 e. The predicted molar refractivity (Wildman–Crippen MR) is 121 cm³/mol. The van der Waals surface area contributed by atoms with Crippen molar-refractivity contribution in [1.29, 1.82) is 0 Å². The number of anilines is 1. The Balaban J connectivity index is 1.81. The lowest BCUT2D eigenvalue weighted by Gasteiger charge is -2.21. The van der Waals surface area contributed by atoms with E-state index >= 15 is 0 Å². The standard InChI is InChI=1S/C23H29N3O2S/c1-16-8-6-9-19(14-16)28-15-21(27)26(13-7-12-25(4)5)23-24-22-18(3)17(2)10-11-20(22)29-23/h6,8-11,14H,7,12-13,15H2,1-5H3. The second-order valence-electron chi connectivity index (χ2n) is 7.66. The number of aromatic nitrogens is 1. The van der Waals surface area contributed by atoms with Crippen molar-refractivity contribution in [1.82, 2.24) is 9.88 Å². The van der Waals surface area contributed by atoms with Crippen molar-refractivity contribution in [3.8, 4) is 5.75 Å². The van der Waals surface area contributed by atoms with Crippen LogP contribution in [-0.2, 0) is 4.79 Å². The monoisotopic (exact) mass is 411 g/mol. The summed E-state index contributed by atoms with van der Waals surface area (Å²) in [5, 5.41) is 0.741. The van der Waals surface area contributed by atoms with Crippen molar-refractivity contribution in [3.05, 3.63) is 53.1 Å². The first-order valence-electron chi connectivity index (χ1n) is 9.86. The minimum Gasteiger partial charge on any atom is -0.484 e. The first-order valence-corrected chi connectivity index (χ1v) is 10.7. The SMILES string of the molecule is Cc1cccc(OCC(=O)N(CCCN(C)C)c2nc3c(C)c(C)ccc3s2)c1. The molecule has 154 valence electrons. The molecule has 1 heterocycles. The van der Waals surface area contributed by atoms with Gasteiger partial charge in [0, 0.05) is 6.54 Å². The molecule has 1 aromatic heterocycles. The number of benzene rings is 2. The van der Waals surface area contributed by atoms with E-state index in [0.29, 0.717) is 12.3 Å². The van der Waals surface area contributed by atoms with Gasteiger partial charge in [-0.3, -0.25) is 9.69 Å². The van der Waals surface area contributed by atoms with Crippen LogP contribution in [0.15, 0.2) is 36.4 Å². The minimum absolute atomic E-state index is 0.000642. The second kappa shape index (κ2) is 9.37. The number of amides is 1. The quantitative estimate of drug-likeness (QED) is 0.544. The Hall–Kier alpha value is -2.44. The number of fused-ring (bicyclic) bond motifs is 1. The predicted octanol–water partition coefficient (Wildman–Crippen LogP) is 4.59. The van der Waals surface area contributed by atoms with Crippen LogP contribution in [0.4, 0.5) is 5.13 Å². The number of hydrogen-bond donors (Lipinski definition) is 0. The lowest BCUT2D eigenvalue weighted by atomic mass is 10.1. The van der Waals surface area contributed by atoms with Gasteiger partial charge in [0.1, 0.15) is 5.75 Å². The van der Waals surface area contributed by atoms with Crippen LogP contribution in [0, 0.1) is 20.8 Å². The second-order valence-corrected chi connectivity index (χ2v) is 8.67. The maximum atomic E-state index is 13.1. The topological polar surface area (TPSA) is 45.7 Å². The van der Waals surface area contributed by atoms with Crippen LogP contribution in [0.1, 0.15) is 23.1 Å². The zero-order valence-corrected chi connectivity index (χ0v) is 18.7. The first kappa shape index (κ1) is 21.3. The fraction of sp³-hybridized carbons (Fsp3) is 0.391. The summed E-state index contributed by atoms with van der Waals surface area (Å²) < 4.78 is 6.88. The Kier molecular flexibility index (Phi) is 6.87. The zero-order chi connectivity index (χ0) is 21.0. The molecule has 0 aliphatic carbocycles. The molecule has 0 bridgehead atoms. The first-order chi connectivity index (χ1) is 13.8. The molecule has 0 fully saturated rings. The highest BCUT2D eigenvalue weighted by Crippen LogP contribution is 2.32. The zero-order valence-electron chi connectivity index (χ0n) is 17.9. The van der Waals surface area contributed by atoms with Crippen LogP contribution in [0.2, 0.25) is 0 Å². The summed E-state index contributed by atoms with van der Waals surface area (Å²) in [6, 6.07) is 12.0. The van der Waals surface area contributed by atoms with Gasteiger partial charge in [-0.2, -0.15) is 0 Å². The van der Waals surface area contributed by atoms with Gasteiger partial charge in [0.05, 0.1) is 10.2 Å². The summed E-state index contributed by atoms with van der Waals surface area (Å²) in [5.41, 5.74) is 4.47. The lowest BCUT2D eigenvalue weighted by Crippen LogP contribution is -2.36. The third-order valence-electron chi connectivity index (χ3n) is 4.94. The molecule has 29 heavy (non-hydrogen) atoms. The van der Waals surface area contributed by atoms with E-state index in [4.69, 9.17) is 9.72 Å². The Bertz CT molecular complexity index is 997. The third-order valence-corrected chi connectivity index (χ3v) is 5.99. The van der Waals surface area contributed by atoms with E-state index in [9.17, 15) is 4.79 Å². The molecule has 0 N–H and O–H groups in total. The highest BCUT2D eigenvalue weighted by molar-refractivity contribution is 7.22. The van der Waals surface area contributed by atoms with E-state index in [0.717, 1.165) is 33.9 Å². The molecule has 0 aliphatic rings. The summed E-state index contributed by atoms with van der Waals surface area (Å²) in [5.74, 6) is 0.640.